The summed E-state index contributed by atoms with van der Waals surface area (Å²) in [5, 5.41) is 2.92. The molecule has 1 aliphatic rings. The number of carbonyl (C=O) groups excluding carboxylic acids is 1. The number of fused-ring (bicyclic) bond motifs is 1. The number of ether oxygens (including phenoxy) is 2. The fourth-order valence-corrected chi connectivity index (χ4v) is 4.43. The molecule has 172 valence electrons. The molecule has 33 heavy (non-hydrogen) atoms. The predicted molar refractivity (Wildman–Crippen MR) is 132 cm³/mol. The number of nitrogen functional groups attached to an aromatic ring is 1. The molecule has 0 bridgehead atoms. The molecule has 4 rings (SSSR count). The molecule has 1 amide bonds. The van der Waals surface area contributed by atoms with Crippen molar-refractivity contribution >= 4 is 17.3 Å². The number of methoxy groups -OCH3 is 2. The van der Waals surface area contributed by atoms with Gasteiger partial charge in [0, 0.05) is 30.5 Å². The van der Waals surface area contributed by atoms with Gasteiger partial charge in [-0.05, 0) is 72.9 Å². The normalized spacial score (nSPS) is 15.5. The Morgan fingerprint density at radius 3 is 2.45 bits per heavy atom. The SMILES string of the molecule is COc1cc2c(cc1OC)C(C)N(CCc1ccc(NC(=O)c3ccccc3N)cc1)CC2. The van der Waals surface area contributed by atoms with E-state index >= 15 is 0 Å². The molecular weight excluding hydrogens is 414 g/mol. The van der Waals surface area contributed by atoms with Crippen molar-refractivity contribution in [2.75, 3.05) is 38.4 Å². The maximum absolute atomic E-state index is 12.5. The van der Waals surface area contributed by atoms with Gasteiger partial charge in [0.1, 0.15) is 0 Å². The van der Waals surface area contributed by atoms with Crippen LogP contribution in [0.4, 0.5) is 11.4 Å². The number of hydrogen-bond donors (Lipinski definition) is 2. The predicted octanol–water partition coefficient (Wildman–Crippen LogP) is 4.70. The molecule has 0 fully saturated rings. The Bertz CT molecular complexity index is 1130. The largest absolute Gasteiger partial charge is 0.493 e. The van der Waals surface area contributed by atoms with Crippen molar-refractivity contribution in [2.45, 2.75) is 25.8 Å². The van der Waals surface area contributed by atoms with Crippen LogP contribution in [0, 0.1) is 0 Å². The number of anilines is 2. The lowest BCUT2D eigenvalue weighted by atomic mass is 9.92. The smallest absolute Gasteiger partial charge is 0.257 e. The minimum absolute atomic E-state index is 0.200. The van der Waals surface area contributed by atoms with Gasteiger partial charge < -0.3 is 20.5 Å². The average Bonchev–Trinajstić information content (AvgIpc) is 2.84. The summed E-state index contributed by atoms with van der Waals surface area (Å²) in [5.41, 5.74) is 11.5. The minimum Gasteiger partial charge on any atom is -0.493 e. The Labute approximate surface area is 195 Å². The second-order valence-electron chi connectivity index (χ2n) is 8.36. The van der Waals surface area contributed by atoms with Gasteiger partial charge in [-0.15, -0.1) is 0 Å². The summed E-state index contributed by atoms with van der Waals surface area (Å²) in [7, 11) is 3.35. The fourth-order valence-electron chi connectivity index (χ4n) is 4.43. The van der Waals surface area contributed by atoms with E-state index in [9.17, 15) is 4.79 Å². The minimum atomic E-state index is -0.200. The summed E-state index contributed by atoms with van der Waals surface area (Å²) >= 11 is 0. The number of benzene rings is 3. The average molecular weight is 446 g/mol. The van der Waals surface area contributed by atoms with Crippen LogP contribution < -0.4 is 20.5 Å². The Morgan fingerprint density at radius 2 is 1.76 bits per heavy atom. The highest BCUT2D eigenvalue weighted by molar-refractivity contribution is 6.07. The van der Waals surface area contributed by atoms with Gasteiger partial charge in [-0.2, -0.15) is 0 Å². The number of nitrogens with two attached hydrogens (primary N) is 1. The van der Waals surface area contributed by atoms with Crippen LogP contribution in [-0.2, 0) is 12.8 Å². The van der Waals surface area contributed by atoms with Crippen LogP contribution in [0.15, 0.2) is 60.7 Å². The first-order valence-electron chi connectivity index (χ1n) is 11.2. The topological polar surface area (TPSA) is 76.8 Å². The van der Waals surface area contributed by atoms with Crippen LogP contribution in [0.5, 0.6) is 11.5 Å². The summed E-state index contributed by atoms with van der Waals surface area (Å²) in [6.07, 6.45) is 1.93. The van der Waals surface area contributed by atoms with Crippen LogP contribution in [-0.4, -0.2) is 38.1 Å². The lowest BCUT2D eigenvalue weighted by Crippen LogP contribution is -2.35. The zero-order chi connectivity index (χ0) is 23.4. The van der Waals surface area contributed by atoms with Crippen LogP contribution in [0.3, 0.4) is 0 Å². The Morgan fingerprint density at radius 1 is 1.06 bits per heavy atom. The molecule has 3 N–H and O–H groups in total. The van der Waals surface area contributed by atoms with Crippen molar-refractivity contribution in [1.29, 1.82) is 0 Å². The van der Waals surface area contributed by atoms with Gasteiger partial charge in [0.05, 0.1) is 19.8 Å². The maximum atomic E-state index is 12.5. The molecule has 0 radical (unpaired) electrons. The molecule has 1 atom stereocenters. The fraction of sp³-hybridized carbons (Fsp3) is 0.296. The highest BCUT2D eigenvalue weighted by Gasteiger charge is 2.25. The third kappa shape index (κ3) is 4.96. The molecule has 1 heterocycles. The van der Waals surface area contributed by atoms with E-state index in [0.29, 0.717) is 17.3 Å². The highest BCUT2D eigenvalue weighted by Crippen LogP contribution is 2.37. The van der Waals surface area contributed by atoms with E-state index in [2.05, 4.69) is 41.4 Å². The van der Waals surface area contributed by atoms with Gasteiger partial charge in [-0.1, -0.05) is 24.3 Å². The number of para-hydroxylation sites is 1. The van der Waals surface area contributed by atoms with E-state index in [1.54, 1.807) is 32.4 Å². The molecule has 6 nitrogen and oxygen atoms in total. The van der Waals surface area contributed by atoms with Gasteiger partial charge in [0.2, 0.25) is 0 Å². The standard InChI is InChI=1S/C27H31N3O3/c1-18-23-17-26(33-3)25(32-2)16-20(23)13-15-30(18)14-12-19-8-10-21(11-9-19)29-27(31)22-6-4-5-7-24(22)28/h4-11,16-18H,12-15,28H2,1-3H3,(H,29,31). The van der Waals surface area contributed by atoms with Crippen molar-refractivity contribution in [3.8, 4) is 11.5 Å². The number of nitrogens with one attached hydrogen (secondary N) is 1. The zero-order valence-electron chi connectivity index (χ0n) is 19.4. The first kappa shape index (κ1) is 22.7. The summed E-state index contributed by atoms with van der Waals surface area (Å²) < 4.78 is 11.0. The van der Waals surface area contributed by atoms with Crippen LogP contribution >= 0.6 is 0 Å². The summed E-state index contributed by atoms with van der Waals surface area (Å²) in [4.78, 5) is 15.0. The number of nitrogens with zero attached hydrogens (tertiary/aromatic N) is 1. The zero-order valence-corrected chi connectivity index (χ0v) is 19.4. The second-order valence-corrected chi connectivity index (χ2v) is 8.36. The number of amides is 1. The van der Waals surface area contributed by atoms with Gasteiger partial charge in [-0.25, -0.2) is 0 Å². The molecule has 0 spiro atoms. The lowest BCUT2D eigenvalue weighted by Gasteiger charge is -2.35. The lowest BCUT2D eigenvalue weighted by molar-refractivity contribution is 0.102. The van der Waals surface area contributed by atoms with Crippen molar-refractivity contribution in [1.82, 2.24) is 4.90 Å². The molecule has 3 aromatic rings. The molecule has 0 aromatic heterocycles. The van der Waals surface area contributed by atoms with Crippen LogP contribution in [0.1, 0.15) is 40.0 Å². The van der Waals surface area contributed by atoms with Gasteiger partial charge in [0.25, 0.3) is 5.91 Å². The second kappa shape index (κ2) is 9.96. The third-order valence-corrected chi connectivity index (χ3v) is 6.42. The molecule has 1 unspecified atom stereocenters. The van der Waals surface area contributed by atoms with Crippen molar-refractivity contribution < 1.29 is 14.3 Å². The third-order valence-electron chi connectivity index (χ3n) is 6.42. The van der Waals surface area contributed by atoms with Gasteiger partial charge in [-0.3, -0.25) is 9.69 Å². The molecular formula is C27H31N3O3. The van der Waals surface area contributed by atoms with E-state index in [1.807, 2.05) is 18.2 Å². The van der Waals surface area contributed by atoms with E-state index in [4.69, 9.17) is 15.2 Å². The Balaban J connectivity index is 1.37. The van der Waals surface area contributed by atoms with Gasteiger partial charge >= 0.3 is 0 Å². The summed E-state index contributed by atoms with van der Waals surface area (Å²) in [6, 6.07) is 19.6. The first-order valence-corrected chi connectivity index (χ1v) is 11.2. The van der Waals surface area contributed by atoms with E-state index < -0.39 is 0 Å². The van der Waals surface area contributed by atoms with Crippen LogP contribution in [0.25, 0.3) is 0 Å². The quantitative estimate of drug-likeness (QED) is 0.516. The Kier molecular flexibility index (Phi) is 6.84. The van der Waals surface area contributed by atoms with Gasteiger partial charge in [0.15, 0.2) is 11.5 Å². The molecule has 6 heteroatoms. The molecule has 0 saturated carbocycles. The van der Waals surface area contributed by atoms with Crippen molar-refractivity contribution in [2.24, 2.45) is 0 Å². The maximum Gasteiger partial charge on any atom is 0.257 e. The molecule has 0 saturated heterocycles. The van der Waals surface area contributed by atoms with Crippen molar-refractivity contribution in [3.63, 3.8) is 0 Å². The highest BCUT2D eigenvalue weighted by atomic mass is 16.5. The van der Waals surface area contributed by atoms with E-state index in [1.165, 1.54) is 16.7 Å². The molecule has 1 aliphatic heterocycles. The molecule has 3 aromatic carbocycles. The monoisotopic (exact) mass is 445 g/mol. The number of carbonyl (C=O) groups is 1. The van der Waals surface area contributed by atoms with E-state index in [0.717, 1.165) is 43.1 Å². The Hall–Kier alpha value is -3.51. The molecule has 0 aliphatic carbocycles. The first-order chi connectivity index (χ1) is 16.0. The summed E-state index contributed by atoms with van der Waals surface area (Å²) in [6.45, 7) is 4.22. The summed E-state index contributed by atoms with van der Waals surface area (Å²) in [5.74, 6) is 1.37. The van der Waals surface area contributed by atoms with Crippen LogP contribution in [0.2, 0.25) is 0 Å². The number of rotatable bonds is 7. The number of hydrogen-bond acceptors (Lipinski definition) is 5. The van der Waals surface area contributed by atoms with Crippen molar-refractivity contribution in [3.05, 3.63) is 82.9 Å². The van der Waals surface area contributed by atoms with E-state index in [-0.39, 0.29) is 5.91 Å².